The van der Waals surface area contributed by atoms with Gasteiger partial charge in [0.05, 0.1) is 23.9 Å². The molecule has 2 aromatic heterocycles. The molecule has 158 valence electrons. The summed E-state index contributed by atoms with van der Waals surface area (Å²) in [7, 11) is 0. The van der Waals surface area contributed by atoms with E-state index in [2.05, 4.69) is 15.4 Å². The Morgan fingerprint density at radius 1 is 1.06 bits per heavy atom. The Balaban J connectivity index is 1.51. The highest BCUT2D eigenvalue weighted by Gasteiger charge is 2.16. The first-order valence-corrected chi connectivity index (χ1v) is 9.28. The van der Waals surface area contributed by atoms with Gasteiger partial charge in [0.1, 0.15) is 5.39 Å². The lowest BCUT2D eigenvalue weighted by Crippen LogP contribution is -2.24. The van der Waals surface area contributed by atoms with Crippen molar-refractivity contribution in [2.75, 3.05) is 5.32 Å². The molecule has 7 nitrogen and oxygen atoms in total. The van der Waals surface area contributed by atoms with E-state index in [9.17, 15) is 22.8 Å². The van der Waals surface area contributed by atoms with Gasteiger partial charge in [0.15, 0.2) is 23.1 Å². The van der Waals surface area contributed by atoms with Crippen molar-refractivity contribution in [1.82, 2.24) is 19.3 Å². The van der Waals surface area contributed by atoms with Gasteiger partial charge in [0, 0.05) is 13.0 Å². The van der Waals surface area contributed by atoms with Gasteiger partial charge in [-0.3, -0.25) is 14.2 Å². The van der Waals surface area contributed by atoms with E-state index in [1.807, 2.05) is 31.2 Å². The second kappa shape index (κ2) is 8.05. The number of aryl methyl sites for hydroxylation is 2. The van der Waals surface area contributed by atoms with Gasteiger partial charge in [0.2, 0.25) is 5.91 Å². The van der Waals surface area contributed by atoms with Gasteiger partial charge in [-0.05, 0) is 31.2 Å². The van der Waals surface area contributed by atoms with Gasteiger partial charge in [-0.2, -0.15) is 5.10 Å². The van der Waals surface area contributed by atoms with Gasteiger partial charge < -0.3 is 5.32 Å². The fourth-order valence-electron chi connectivity index (χ4n) is 3.04. The molecule has 0 radical (unpaired) electrons. The minimum absolute atomic E-state index is 0.0470. The molecule has 10 heteroatoms. The first-order chi connectivity index (χ1) is 14.8. The summed E-state index contributed by atoms with van der Waals surface area (Å²) in [6, 6.07) is 9.18. The zero-order chi connectivity index (χ0) is 22.1. The summed E-state index contributed by atoms with van der Waals surface area (Å²) in [4.78, 5) is 29.1. The lowest BCUT2D eigenvalue weighted by Gasteiger charge is -2.09. The summed E-state index contributed by atoms with van der Waals surface area (Å²) in [5, 5.41) is 6.66. The third-order valence-corrected chi connectivity index (χ3v) is 4.72. The van der Waals surface area contributed by atoms with Gasteiger partial charge in [-0.15, -0.1) is 0 Å². The molecule has 0 aliphatic rings. The van der Waals surface area contributed by atoms with Gasteiger partial charge in [-0.25, -0.2) is 22.8 Å². The smallest absolute Gasteiger partial charge is 0.264 e. The molecule has 1 amide bonds. The van der Waals surface area contributed by atoms with E-state index in [1.165, 1.54) is 17.1 Å². The van der Waals surface area contributed by atoms with Crippen LogP contribution in [-0.2, 0) is 11.3 Å². The molecule has 0 saturated heterocycles. The molecule has 0 aliphatic carbocycles. The Morgan fingerprint density at radius 2 is 1.81 bits per heavy atom. The van der Waals surface area contributed by atoms with Crippen molar-refractivity contribution in [3.05, 3.63) is 82.3 Å². The molecular weight excluding hydrogens is 411 g/mol. The monoisotopic (exact) mass is 427 g/mol. The molecular formula is C21H16F3N5O2. The zero-order valence-corrected chi connectivity index (χ0v) is 16.3. The Morgan fingerprint density at radius 3 is 2.55 bits per heavy atom. The second-order valence-corrected chi connectivity index (χ2v) is 6.89. The number of amides is 1. The fraction of sp³-hybridized carbons (Fsp3) is 0.143. The molecule has 0 bridgehead atoms. The van der Waals surface area contributed by atoms with Crippen molar-refractivity contribution in [2.24, 2.45) is 0 Å². The number of carbonyl (C=O) groups is 1. The van der Waals surface area contributed by atoms with Gasteiger partial charge in [-0.1, -0.05) is 17.7 Å². The van der Waals surface area contributed by atoms with Crippen molar-refractivity contribution in [3.8, 4) is 5.69 Å². The van der Waals surface area contributed by atoms with Crippen LogP contribution in [0.25, 0.3) is 16.7 Å². The van der Waals surface area contributed by atoms with Crippen LogP contribution in [0, 0.1) is 24.4 Å². The number of anilines is 1. The largest absolute Gasteiger partial charge is 0.323 e. The summed E-state index contributed by atoms with van der Waals surface area (Å²) >= 11 is 0. The topological polar surface area (TPSA) is 81.8 Å². The summed E-state index contributed by atoms with van der Waals surface area (Å²) < 4.78 is 42.7. The van der Waals surface area contributed by atoms with Crippen LogP contribution < -0.4 is 10.9 Å². The van der Waals surface area contributed by atoms with Crippen LogP contribution in [0.5, 0.6) is 0 Å². The number of benzene rings is 2. The summed E-state index contributed by atoms with van der Waals surface area (Å²) in [5.74, 6) is -5.19. The van der Waals surface area contributed by atoms with Crippen LogP contribution in [-0.4, -0.2) is 25.2 Å². The Hall–Kier alpha value is -3.95. The molecule has 0 unspecified atom stereocenters. The zero-order valence-electron chi connectivity index (χ0n) is 16.3. The standard InChI is InChI=1S/C21H16F3N5O2/c1-12-2-4-13(5-3-12)29-20-14(10-26-29)21(31)28(11-25-20)9-8-17(30)27-16-7-6-15(22)18(23)19(16)24/h2-7,10-11H,8-9H2,1H3,(H,27,30). The van der Waals surface area contributed by atoms with E-state index in [4.69, 9.17) is 0 Å². The number of halogens is 3. The van der Waals surface area contributed by atoms with E-state index >= 15 is 0 Å². The average molecular weight is 427 g/mol. The van der Waals surface area contributed by atoms with Crippen LogP contribution in [0.2, 0.25) is 0 Å². The average Bonchev–Trinajstić information content (AvgIpc) is 3.19. The lowest BCUT2D eigenvalue weighted by atomic mass is 10.2. The first-order valence-electron chi connectivity index (χ1n) is 9.28. The summed E-state index contributed by atoms with van der Waals surface area (Å²) in [5.41, 5.74) is 1.33. The third kappa shape index (κ3) is 3.91. The van der Waals surface area contributed by atoms with Crippen molar-refractivity contribution in [1.29, 1.82) is 0 Å². The maximum atomic E-state index is 13.7. The van der Waals surface area contributed by atoms with Crippen LogP contribution in [0.15, 0.2) is 53.7 Å². The Bertz CT molecular complexity index is 1350. The predicted molar refractivity (Wildman–Crippen MR) is 107 cm³/mol. The maximum absolute atomic E-state index is 13.7. The summed E-state index contributed by atoms with van der Waals surface area (Å²) in [6.07, 6.45) is 2.48. The number of nitrogens with zero attached hydrogens (tertiary/aromatic N) is 4. The first kappa shape index (κ1) is 20.3. The number of carbonyl (C=O) groups excluding carboxylic acids is 1. The molecule has 31 heavy (non-hydrogen) atoms. The number of rotatable bonds is 5. The number of aromatic nitrogens is 4. The number of hydrogen-bond donors (Lipinski definition) is 1. The van der Waals surface area contributed by atoms with Crippen molar-refractivity contribution in [3.63, 3.8) is 0 Å². The molecule has 4 aromatic rings. The SMILES string of the molecule is Cc1ccc(-n2ncc3c(=O)n(CCC(=O)Nc4ccc(F)c(F)c4F)cnc32)cc1. The molecule has 0 saturated carbocycles. The van der Waals surface area contributed by atoms with E-state index in [0.717, 1.165) is 17.3 Å². The normalized spacial score (nSPS) is 11.1. The molecule has 0 spiro atoms. The van der Waals surface area contributed by atoms with Crippen LogP contribution in [0.4, 0.5) is 18.9 Å². The van der Waals surface area contributed by atoms with Crippen LogP contribution in [0.3, 0.4) is 0 Å². The number of fused-ring (bicyclic) bond motifs is 1. The predicted octanol–water partition coefficient (Wildman–Crippen LogP) is 3.34. The molecule has 0 aliphatic heterocycles. The molecule has 1 N–H and O–H groups in total. The quantitative estimate of drug-likeness (QED) is 0.496. The Kier molecular flexibility index (Phi) is 5.28. The lowest BCUT2D eigenvalue weighted by molar-refractivity contribution is -0.116. The van der Waals surface area contributed by atoms with Crippen LogP contribution in [0.1, 0.15) is 12.0 Å². The minimum atomic E-state index is -1.67. The highest BCUT2D eigenvalue weighted by molar-refractivity contribution is 5.90. The number of hydrogen-bond acceptors (Lipinski definition) is 4. The molecule has 4 rings (SSSR count). The second-order valence-electron chi connectivity index (χ2n) is 6.89. The Labute approximate surface area is 173 Å². The fourth-order valence-corrected chi connectivity index (χ4v) is 3.04. The minimum Gasteiger partial charge on any atom is -0.323 e. The molecule has 0 atom stereocenters. The van der Waals surface area contributed by atoms with Crippen molar-refractivity contribution in [2.45, 2.75) is 19.9 Å². The molecule has 0 fully saturated rings. The highest BCUT2D eigenvalue weighted by atomic mass is 19.2. The van der Waals surface area contributed by atoms with Gasteiger partial charge >= 0.3 is 0 Å². The van der Waals surface area contributed by atoms with E-state index in [0.29, 0.717) is 11.7 Å². The molecule has 2 heterocycles. The summed E-state index contributed by atoms with van der Waals surface area (Å²) in [6.45, 7) is 1.91. The molecule has 2 aromatic carbocycles. The third-order valence-electron chi connectivity index (χ3n) is 4.72. The van der Waals surface area contributed by atoms with E-state index < -0.39 is 34.6 Å². The van der Waals surface area contributed by atoms with Crippen molar-refractivity contribution < 1.29 is 18.0 Å². The van der Waals surface area contributed by atoms with E-state index in [1.54, 1.807) is 4.68 Å². The van der Waals surface area contributed by atoms with Crippen molar-refractivity contribution >= 4 is 22.6 Å². The maximum Gasteiger partial charge on any atom is 0.264 e. The van der Waals surface area contributed by atoms with E-state index in [-0.39, 0.29) is 18.4 Å². The van der Waals surface area contributed by atoms with Crippen LogP contribution >= 0.6 is 0 Å². The highest BCUT2D eigenvalue weighted by Crippen LogP contribution is 2.20. The van der Waals surface area contributed by atoms with Gasteiger partial charge in [0.25, 0.3) is 5.56 Å². The number of nitrogens with one attached hydrogen (secondary N) is 1.